The van der Waals surface area contributed by atoms with E-state index in [1.54, 1.807) is 12.4 Å². The van der Waals surface area contributed by atoms with Crippen LogP contribution in [0.5, 0.6) is 5.75 Å². The molecule has 3 aliphatic heterocycles. The highest BCUT2D eigenvalue weighted by atomic mass is 16.5. The molecule has 1 amide bonds. The van der Waals surface area contributed by atoms with Gasteiger partial charge in [-0.15, -0.1) is 0 Å². The first kappa shape index (κ1) is 16.5. The molecule has 3 aliphatic rings. The van der Waals surface area contributed by atoms with E-state index in [0.29, 0.717) is 12.6 Å². The first-order valence-corrected chi connectivity index (χ1v) is 9.63. The molecular formula is C22H23N3O2. The molecule has 0 N–H and O–H groups in total. The monoisotopic (exact) mass is 361 g/mol. The van der Waals surface area contributed by atoms with Crippen molar-refractivity contribution in [2.75, 3.05) is 31.1 Å². The third kappa shape index (κ3) is 2.82. The highest BCUT2D eigenvalue weighted by Gasteiger charge is 2.35. The van der Waals surface area contributed by atoms with E-state index in [-0.39, 0.29) is 5.91 Å². The number of ether oxygens (including phenoxy) is 1. The molecule has 1 aromatic heterocycles. The number of anilines is 1. The number of benzene rings is 1. The Bertz CT molecular complexity index is 922. The number of carbonyl (C=O) groups is 1. The van der Waals surface area contributed by atoms with Gasteiger partial charge in [-0.2, -0.15) is 0 Å². The van der Waals surface area contributed by atoms with E-state index in [1.165, 1.54) is 16.7 Å². The summed E-state index contributed by atoms with van der Waals surface area (Å²) in [7, 11) is 0. The summed E-state index contributed by atoms with van der Waals surface area (Å²) in [5.74, 6) is 1.19. The van der Waals surface area contributed by atoms with Gasteiger partial charge < -0.3 is 9.64 Å². The fourth-order valence-electron chi connectivity index (χ4n) is 4.39. The van der Waals surface area contributed by atoms with Crippen molar-refractivity contribution in [2.24, 2.45) is 0 Å². The maximum absolute atomic E-state index is 12.8. The fourth-order valence-corrected chi connectivity index (χ4v) is 4.39. The second kappa shape index (κ2) is 6.50. The summed E-state index contributed by atoms with van der Waals surface area (Å²) in [4.78, 5) is 21.3. The highest BCUT2D eigenvalue weighted by molar-refractivity contribution is 6.09. The van der Waals surface area contributed by atoms with Gasteiger partial charge in [0.25, 0.3) is 5.91 Å². The van der Waals surface area contributed by atoms with Crippen molar-refractivity contribution in [2.45, 2.75) is 25.8 Å². The minimum Gasteiger partial charge on any atom is -0.493 e. The van der Waals surface area contributed by atoms with Crippen LogP contribution in [-0.2, 0) is 11.2 Å². The van der Waals surface area contributed by atoms with Crippen molar-refractivity contribution in [3.8, 4) is 5.75 Å². The van der Waals surface area contributed by atoms with Crippen molar-refractivity contribution in [1.29, 1.82) is 0 Å². The van der Waals surface area contributed by atoms with Gasteiger partial charge in [0.2, 0.25) is 0 Å². The molecule has 2 aromatic rings. The summed E-state index contributed by atoms with van der Waals surface area (Å²) in [5.41, 5.74) is 5.72. The summed E-state index contributed by atoms with van der Waals surface area (Å²) in [5, 5.41) is 0. The molecule has 1 unspecified atom stereocenters. The zero-order chi connectivity index (χ0) is 18.4. The standard InChI is InChI=1S/C22H23N3O2/c1-15(17-5-4-16-7-10-27-21(16)11-17)24-9-6-20-18(13-24)14-25(22(20)26)19-3-2-8-23-12-19/h2-5,8,11-12,15H,6-7,9-10,13-14H2,1H3. The van der Waals surface area contributed by atoms with Crippen LogP contribution in [0.25, 0.3) is 0 Å². The van der Waals surface area contributed by atoms with Gasteiger partial charge in [-0.3, -0.25) is 14.7 Å². The zero-order valence-corrected chi connectivity index (χ0v) is 15.5. The van der Waals surface area contributed by atoms with Gasteiger partial charge >= 0.3 is 0 Å². The lowest BCUT2D eigenvalue weighted by molar-refractivity contribution is -0.114. The van der Waals surface area contributed by atoms with Gasteiger partial charge in [0.1, 0.15) is 5.75 Å². The third-order valence-corrected chi connectivity index (χ3v) is 6.03. The quantitative estimate of drug-likeness (QED) is 0.843. The fraction of sp³-hybridized carbons (Fsp3) is 0.364. The average Bonchev–Trinajstić information content (AvgIpc) is 3.31. The Labute approximate surface area is 159 Å². The molecule has 1 aromatic carbocycles. The molecule has 0 radical (unpaired) electrons. The lowest BCUT2D eigenvalue weighted by atomic mass is 9.98. The number of hydrogen-bond donors (Lipinski definition) is 0. The highest BCUT2D eigenvalue weighted by Crippen LogP contribution is 2.35. The van der Waals surface area contributed by atoms with Crippen molar-refractivity contribution >= 4 is 11.6 Å². The lowest BCUT2D eigenvalue weighted by Gasteiger charge is -2.33. The molecule has 5 rings (SSSR count). The molecule has 0 spiro atoms. The summed E-state index contributed by atoms with van der Waals surface area (Å²) >= 11 is 0. The lowest BCUT2D eigenvalue weighted by Crippen LogP contribution is -2.34. The number of pyridine rings is 1. The molecule has 138 valence electrons. The zero-order valence-electron chi connectivity index (χ0n) is 15.5. The van der Waals surface area contributed by atoms with E-state index in [4.69, 9.17) is 4.74 Å². The van der Waals surface area contributed by atoms with Crippen LogP contribution in [0.4, 0.5) is 5.69 Å². The minimum absolute atomic E-state index is 0.149. The smallest absolute Gasteiger partial charge is 0.254 e. The van der Waals surface area contributed by atoms with Crippen LogP contribution < -0.4 is 9.64 Å². The minimum atomic E-state index is 0.149. The number of nitrogens with zero attached hydrogens (tertiary/aromatic N) is 3. The topological polar surface area (TPSA) is 45.7 Å². The Balaban J connectivity index is 1.34. The molecule has 27 heavy (non-hydrogen) atoms. The molecule has 0 fully saturated rings. The van der Waals surface area contributed by atoms with E-state index in [0.717, 1.165) is 49.5 Å². The van der Waals surface area contributed by atoms with Crippen LogP contribution in [0.15, 0.2) is 53.9 Å². The van der Waals surface area contributed by atoms with E-state index in [9.17, 15) is 4.79 Å². The second-order valence-corrected chi connectivity index (χ2v) is 7.55. The van der Waals surface area contributed by atoms with Gasteiger partial charge in [-0.1, -0.05) is 12.1 Å². The number of hydrogen-bond acceptors (Lipinski definition) is 4. The molecule has 0 bridgehead atoms. The number of amides is 1. The Hall–Kier alpha value is -2.66. The number of fused-ring (bicyclic) bond motifs is 1. The van der Waals surface area contributed by atoms with Crippen LogP contribution in [0.3, 0.4) is 0 Å². The van der Waals surface area contributed by atoms with Crippen LogP contribution in [0.1, 0.15) is 30.5 Å². The van der Waals surface area contributed by atoms with Gasteiger partial charge in [0.15, 0.2) is 0 Å². The van der Waals surface area contributed by atoms with Gasteiger partial charge in [-0.05, 0) is 48.2 Å². The first-order chi connectivity index (χ1) is 13.2. The number of rotatable bonds is 3. The Morgan fingerprint density at radius 3 is 2.96 bits per heavy atom. The molecule has 0 saturated heterocycles. The normalized spacial score (nSPS) is 20.5. The Kier molecular flexibility index (Phi) is 3.97. The Morgan fingerprint density at radius 2 is 2.11 bits per heavy atom. The molecule has 5 heteroatoms. The van der Waals surface area contributed by atoms with Crippen LogP contribution in [0.2, 0.25) is 0 Å². The number of aromatic nitrogens is 1. The predicted octanol–water partition coefficient (Wildman–Crippen LogP) is 3.13. The SMILES string of the molecule is CC(c1ccc2c(c1)OCC2)N1CCC2=C(CN(c3cccnc3)C2=O)C1. The predicted molar refractivity (Wildman–Crippen MR) is 104 cm³/mol. The van der Waals surface area contributed by atoms with E-state index in [2.05, 4.69) is 35.0 Å². The van der Waals surface area contributed by atoms with E-state index in [1.807, 2.05) is 17.0 Å². The molecular weight excluding hydrogens is 338 g/mol. The first-order valence-electron chi connectivity index (χ1n) is 9.63. The summed E-state index contributed by atoms with van der Waals surface area (Å²) in [6.07, 6.45) is 5.33. The van der Waals surface area contributed by atoms with Crippen LogP contribution in [-0.4, -0.2) is 42.0 Å². The average molecular weight is 361 g/mol. The maximum Gasteiger partial charge on any atom is 0.254 e. The van der Waals surface area contributed by atoms with Crippen LogP contribution >= 0.6 is 0 Å². The molecule has 0 saturated carbocycles. The van der Waals surface area contributed by atoms with Crippen LogP contribution in [0, 0.1) is 0 Å². The summed E-state index contributed by atoms with van der Waals surface area (Å²) < 4.78 is 5.74. The van der Waals surface area contributed by atoms with E-state index >= 15 is 0 Å². The molecule has 5 nitrogen and oxygen atoms in total. The molecule has 1 atom stereocenters. The summed E-state index contributed by atoms with van der Waals surface area (Å²) in [6, 6.07) is 10.8. The van der Waals surface area contributed by atoms with Crippen molar-refractivity contribution in [3.63, 3.8) is 0 Å². The van der Waals surface area contributed by atoms with Crippen molar-refractivity contribution < 1.29 is 9.53 Å². The molecule has 0 aliphatic carbocycles. The second-order valence-electron chi connectivity index (χ2n) is 7.55. The Morgan fingerprint density at radius 1 is 1.19 bits per heavy atom. The molecule has 4 heterocycles. The maximum atomic E-state index is 12.8. The largest absolute Gasteiger partial charge is 0.493 e. The van der Waals surface area contributed by atoms with Gasteiger partial charge in [0.05, 0.1) is 18.5 Å². The third-order valence-electron chi connectivity index (χ3n) is 6.03. The van der Waals surface area contributed by atoms with Gasteiger partial charge in [-0.25, -0.2) is 0 Å². The number of carbonyl (C=O) groups excluding carboxylic acids is 1. The summed E-state index contributed by atoms with van der Waals surface area (Å²) in [6.45, 7) is 5.47. The van der Waals surface area contributed by atoms with Crippen molar-refractivity contribution in [3.05, 3.63) is 65.0 Å². The van der Waals surface area contributed by atoms with Gasteiger partial charge in [0, 0.05) is 43.9 Å². The van der Waals surface area contributed by atoms with Crippen molar-refractivity contribution in [1.82, 2.24) is 9.88 Å². The van der Waals surface area contributed by atoms with E-state index < -0.39 is 0 Å².